The number of carbonyl (C=O) groups is 2. The van der Waals surface area contributed by atoms with E-state index in [4.69, 9.17) is 0 Å². The van der Waals surface area contributed by atoms with Gasteiger partial charge in [-0.2, -0.15) is 0 Å². The summed E-state index contributed by atoms with van der Waals surface area (Å²) in [7, 11) is 0. The molecule has 0 fully saturated rings. The van der Waals surface area contributed by atoms with Gasteiger partial charge < -0.3 is 14.6 Å². The van der Waals surface area contributed by atoms with Crippen LogP contribution in [0.25, 0.3) is 11.0 Å². The molecular formula is C22H25N3O3. The molecule has 0 aliphatic carbocycles. The quantitative estimate of drug-likeness (QED) is 0.650. The second-order valence-corrected chi connectivity index (χ2v) is 6.82. The molecule has 1 aromatic heterocycles. The molecular weight excluding hydrogens is 354 g/mol. The van der Waals surface area contributed by atoms with Gasteiger partial charge in [0.15, 0.2) is 0 Å². The average molecular weight is 379 g/mol. The van der Waals surface area contributed by atoms with Crippen molar-refractivity contribution in [1.82, 2.24) is 14.5 Å². The number of benzene rings is 2. The van der Waals surface area contributed by atoms with E-state index in [1.54, 1.807) is 12.1 Å². The lowest BCUT2D eigenvalue weighted by molar-refractivity contribution is -0.137. The van der Waals surface area contributed by atoms with Gasteiger partial charge in [-0.25, -0.2) is 4.98 Å². The number of carbonyl (C=O) groups excluding carboxylic acids is 1. The van der Waals surface area contributed by atoms with Gasteiger partial charge in [-0.05, 0) is 50.5 Å². The second kappa shape index (κ2) is 8.69. The maximum atomic E-state index is 13.0. The number of nitrogens with zero attached hydrogens (tertiary/aromatic N) is 3. The number of hydrogen-bond acceptors (Lipinski definition) is 3. The van der Waals surface area contributed by atoms with Crippen LogP contribution in [0.5, 0.6) is 0 Å². The van der Waals surface area contributed by atoms with Crippen molar-refractivity contribution in [2.75, 3.05) is 13.1 Å². The SMILES string of the molecule is CCn1c(C)nc2cc(C(=O)N(CCCc3ccccc3)CC(=O)O)ccc21. The number of amides is 1. The van der Waals surface area contributed by atoms with Crippen LogP contribution in [-0.2, 0) is 17.8 Å². The van der Waals surface area contributed by atoms with E-state index in [-0.39, 0.29) is 12.5 Å². The number of hydrogen-bond donors (Lipinski definition) is 1. The number of fused-ring (bicyclic) bond motifs is 1. The van der Waals surface area contributed by atoms with E-state index in [2.05, 4.69) is 16.5 Å². The Morgan fingerprint density at radius 2 is 1.89 bits per heavy atom. The zero-order valence-electron chi connectivity index (χ0n) is 16.3. The van der Waals surface area contributed by atoms with Crippen molar-refractivity contribution >= 4 is 22.9 Å². The molecule has 0 saturated heterocycles. The predicted octanol–water partition coefficient (Wildman–Crippen LogP) is 3.52. The van der Waals surface area contributed by atoms with Gasteiger partial charge in [0.25, 0.3) is 5.91 Å². The number of rotatable bonds is 8. The number of aliphatic carboxylic acids is 1. The first kappa shape index (κ1) is 19.6. The zero-order valence-corrected chi connectivity index (χ0v) is 16.3. The standard InChI is InChI=1S/C22H25N3O3/c1-3-25-16(2)23-19-14-18(11-12-20(19)25)22(28)24(15-21(26)27)13-7-10-17-8-5-4-6-9-17/h4-6,8-9,11-12,14H,3,7,10,13,15H2,1-2H3,(H,26,27). The fourth-order valence-electron chi connectivity index (χ4n) is 3.50. The molecule has 28 heavy (non-hydrogen) atoms. The summed E-state index contributed by atoms with van der Waals surface area (Å²) in [5.74, 6) is -0.395. The normalized spacial score (nSPS) is 10.9. The number of aromatic nitrogens is 2. The Morgan fingerprint density at radius 1 is 1.14 bits per heavy atom. The van der Waals surface area contributed by atoms with E-state index < -0.39 is 5.97 Å². The van der Waals surface area contributed by atoms with E-state index in [9.17, 15) is 14.7 Å². The molecule has 3 rings (SSSR count). The molecule has 146 valence electrons. The molecule has 0 radical (unpaired) electrons. The van der Waals surface area contributed by atoms with Crippen LogP contribution in [0, 0.1) is 6.92 Å². The second-order valence-electron chi connectivity index (χ2n) is 6.82. The van der Waals surface area contributed by atoms with Crippen molar-refractivity contribution in [2.45, 2.75) is 33.2 Å². The Morgan fingerprint density at radius 3 is 2.57 bits per heavy atom. The number of carboxylic acids is 1. The van der Waals surface area contributed by atoms with Gasteiger partial charge in [0.2, 0.25) is 0 Å². The van der Waals surface area contributed by atoms with Crippen LogP contribution < -0.4 is 0 Å². The highest BCUT2D eigenvalue weighted by atomic mass is 16.4. The Kier molecular flexibility index (Phi) is 6.09. The highest BCUT2D eigenvalue weighted by molar-refractivity contribution is 5.98. The molecule has 0 bridgehead atoms. The van der Waals surface area contributed by atoms with Crippen molar-refractivity contribution in [3.63, 3.8) is 0 Å². The average Bonchev–Trinajstić information content (AvgIpc) is 3.01. The van der Waals surface area contributed by atoms with Crippen LogP contribution in [-0.4, -0.2) is 44.5 Å². The third kappa shape index (κ3) is 4.39. The molecule has 3 aromatic rings. The van der Waals surface area contributed by atoms with E-state index in [0.717, 1.165) is 29.8 Å². The number of aryl methyl sites for hydroxylation is 3. The van der Waals surface area contributed by atoms with E-state index >= 15 is 0 Å². The highest BCUT2D eigenvalue weighted by Crippen LogP contribution is 2.19. The summed E-state index contributed by atoms with van der Waals surface area (Å²) in [6.07, 6.45) is 1.50. The summed E-state index contributed by atoms with van der Waals surface area (Å²) in [6, 6.07) is 15.4. The maximum Gasteiger partial charge on any atom is 0.323 e. The summed E-state index contributed by atoms with van der Waals surface area (Å²) in [4.78, 5) is 30.1. The summed E-state index contributed by atoms with van der Waals surface area (Å²) in [5, 5.41) is 9.23. The van der Waals surface area contributed by atoms with Crippen LogP contribution in [0.3, 0.4) is 0 Å². The maximum absolute atomic E-state index is 13.0. The van der Waals surface area contributed by atoms with Gasteiger partial charge in [0, 0.05) is 18.7 Å². The summed E-state index contributed by atoms with van der Waals surface area (Å²) in [5.41, 5.74) is 3.37. The molecule has 2 aromatic carbocycles. The monoisotopic (exact) mass is 379 g/mol. The fraction of sp³-hybridized carbons (Fsp3) is 0.318. The van der Waals surface area contributed by atoms with Crippen molar-refractivity contribution in [3.8, 4) is 0 Å². The molecule has 6 nitrogen and oxygen atoms in total. The Balaban J connectivity index is 1.76. The minimum atomic E-state index is -1.01. The van der Waals surface area contributed by atoms with Crippen molar-refractivity contribution < 1.29 is 14.7 Å². The van der Waals surface area contributed by atoms with E-state index in [1.165, 1.54) is 10.5 Å². The summed E-state index contributed by atoms with van der Waals surface area (Å²) < 4.78 is 2.08. The Bertz CT molecular complexity index is 979. The third-order valence-corrected chi connectivity index (χ3v) is 4.85. The minimum absolute atomic E-state index is 0.277. The minimum Gasteiger partial charge on any atom is -0.480 e. The Hall–Kier alpha value is -3.15. The lowest BCUT2D eigenvalue weighted by Crippen LogP contribution is -2.36. The van der Waals surface area contributed by atoms with Gasteiger partial charge in [-0.1, -0.05) is 30.3 Å². The van der Waals surface area contributed by atoms with Gasteiger partial charge in [0.05, 0.1) is 11.0 Å². The van der Waals surface area contributed by atoms with E-state index in [0.29, 0.717) is 18.5 Å². The van der Waals surface area contributed by atoms with Crippen molar-refractivity contribution in [2.24, 2.45) is 0 Å². The molecule has 0 aliphatic rings. The summed E-state index contributed by atoms with van der Waals surface area (Å²) in [6.45, 7) is 4.87. The smallest absolute Gasteiger partial charge is 0.323 e. The lowest BCUT2D eigenvalue weighted by Gasteiger charge is -2.21. The van der Waals surface area contributed by atoms with Gasteiger partial charge in [-0.15, -0.1) is 0 Å². The molecule has 0 unspecified atom stereocenters. The first-order chi connectivity index (χ1) is 13.5. The zero-order chi connectivity index (χ0) is 20.1. The van der Waals surface area contributed by atoms with Crippen molar-refractivity contribution in [3.05, 3.63) is 65.5 Å². The molecule has 0 spiro atoms. The van der Waals surface area contributed by atoms with Gasteiger partial charge in [0.1, 0.15) is 12.4 Å². The van der Waals surface area contributed by atoms with Crippen LogP contribution in [0.15, 0.2) is 48.5 Å². The van der Waals surface area contributed by atoms with Gasteiger partial charge in [-0.3, -0.25) is 9.59 Å². The van der Waals surface area contributed by atoms with Crippen LogP contribution >= 0.6 is 0 Å². The van der Waals surface area contributed by atoms with Crippen LogP contribution in [0.1, 0.15) is 35.1 Å². The number of imidazole rings is 1. The third-order valence-electron chi connectivity index (χ3n) is 4.85. The van der Waals surface area contributed by atoms with Crippen molar-refractivity contribution in [1.29, 1.82) is 0 Å². The molecule has 1 heterocycles. The molecule has 0 aliphatic heterocycles. The van der Waals surface area contributed by atoms with Gasteiger partial charge >= 0.3 is 5.97 Å². The Labute approximate surface area is 164 Å². The number of carboxylic acid groups (broad SMARTS) is 1. The molecule has 0 atom stereocenters. The molecule has 1 N–H and O–H groups in total. The summed E-state index contributed by atoms with van der Waals surface area (Å²) >= 11 is 0. The van der Waals surface area contributed by atoms with Crippen LogP contribution in [0.4, 0.5) is 0 Å². The molecule has 1 amide bonds. The highest BCUT2D eigenvalue weighted by Gasteiger charge is 2.19. The van der Waals surface area contributed by atoms with Crippen LogP contribution in [0.2, 0.25) is 0 Å². The first-order valence-corrected chi connectivity index (χ1v) is 9.51. The molecule has 6 heteroatoms. The topological polar surface area (TPSA) is 75.4 Å². The largest absolute Gasteiger partial charge is 0.480 e. The predicted molar refractivity (Wildman–Crippen MR) is 108 cm³/mol. The first-order valence-electron chi connectivity index (χ1n) is 9.51. The lowest BCUT2D eigenvalue weighted by atomic mass is 10.1. The van der Waals surface area contributed by atoms with E-state index in [1.807, 2.05) is 43.3 Å². The fourth-order valence-corrected chi connectivity index (χ4v) is 3.50. The molecule has 0 saturated carbocycles.